The highest BCUT2D eigenvalue weighted by atomic mass is 16.5. The second kappa shape index (κ2) is 28.7. The van der Waals surface area contributed by atoms with Crippen molar-refractivity contribution < 1.29 is 28.6 Å². The summed E-state index contributed by atoms with van der Waals surface area (Å²) in [6.45, 7) is 9.92. The number of nitrogens with one attached hydrogen (secondary N) is 3. The molecule has 7 aliphatic rings. The lowest BCUT2D eigenvalue weighted by molar-refractivity contribution is -0.117. The van der Waals surface area contributed by atoms with E-state index in [9.17, 15) is 30.2 Å². The predicted molar refractivity (Wildman–Crippen MR) is 371 cm³/mol. The molecular formula is C75H72N18O6. The summed E-state index contributed by atoms with van der Waals surface area (Å²) in [5.74, 6) is 11.4. The Bertz CT molecular complexity index is 4770. The largest absolute Gasteiger partial charge is 0.492 e. The number of terminal acetylenes is 3. The molecule has 16 rings (SSSR count). The average Bonchev–Trinajstić information content (AvgIpc) is 1.77. The topological polar surface area (TPSA) is 287 Å². The van der Waals surface area contributed by atoms with Gasteiger partial charge in [-0.25, -0.2) is 28.5 Å². The molecule has 2 aliphatic carbocycles. The van der Waals surface area contributed by atoms with E-state index < -0.39 is 0 Å². The van der Waals surface area contributed by atoms with Gasteiger partial charge in [-0.05, 0) is 169 Å². The molecule has 24 nitrogen and oxygen atoms in total. The van der Waals surface area contributed by atoms with Gasteiger partial charge in [0, 0.05) is 108 Å². The number of aromatic nitrogens is 9. The monoisotopic (exact) mass is 1320 g/mol. The summed E-state index contributed by atoms with van der Waals surface area (Å²) in [5.41, 5.74) is 8.96. The van der Waals surface area contributed by atoms with E-state index in [1.165, 1.54) is 0 Å². The van der Waals surface area contributed by atoms with Gasteiger partial charge in [0.15, 0.2) is 0 Å². The van der Waals surface area contributed by atoms with Crippen LogP contribution in [-0.2, 0) is 14.4 Å². The van der Waals surface area contributed by atoms with Crippen LogP contribution < -0.4 is 44.9 Å². The van der Waals surface area contributed by atoms with Gasteiger partial charge in [0.1, 0.15) is 52.9 Å². The van der Waals surface area contributed by atoms with E-state index in [1.807, 2.05) is 94.0 Å². The summed E-state index contributed by atoms with van der Waals surface area (Å²) in [6.07, 6.45) is 40.3. The predicted octanol–water partition coefficient (Wildman–Crippen LogP) is 8.32. The zero-order chi connectivity index (χ0) is 68.8. The molecule has 7 unspecified atom stereocenters. The molecule has 0 aromatic carbocycles. The quantitative estimate of drug-likeness (QED) is 0.0813. The number of rotatable bonds is 15. The number of amides is 3. The Morgan fingerprint density at radius 1 is 0.495 bits per heavy atom. The molecule has 5 aliphatic heterocycles. The SMILES string of the molecule is C#CC(=O)NC1C2CCC1CN(c1ccc(-c3cc(OCC)cn4ncc(C#N)c34)cn1)C2.C#CC(=O)NC1CC2CCC(C1)N2c1ccc(-c2cc(OCC)cn3ncc(C#N)c23)cn1.C#CC(=O)NC1CC2CCC1CN2c1ccc(-c2cc(OCC)cn3ncc(C#N)c23)cn1. The third-order valence-electron chi connectivity index (χ3n) is 19.9. The summed E-state index contributed by atoms with van der Waals surface area (Å²) in [5, 5.41) is 50.5. The number of pyridine rings is 6. The molecule has 2 saturated carbocycles. The number of hydrogen-bond acceptors (Lipinski definition) is 18. The maximum Gasteiger partial charge on any atom is 0.295 e. The molecule has 0 radical (unpaired) electrons. The van der Waals surface area contributed by atoms with E-state index in [2.05, 4.69) is 81.9 Å². The van der Waals surface area contributed by atoms with Crippen LogP contribution >= 0.6 is 0 Å². The number of nitriles is 3. The van der Waals surface area contributed by atoms with Gasteiger partial charge in [-0.3, -0.25) is 14.4 Å². The summed E-state index contributed by atoms with van der Waals surface area (Å²) in [4.78, 5) is 56.3. The van der Waals surface area contributed by atoms with E-state index in [0.717, 1.165) is 145 Å². The fraction of sp³-hybridized carbons (Fsp3) is 0.360. The normalized spacial score (nSPS) is 21.4. The number of anilines is 3. The fourth-order valence-electron chi connectivity index (χ4n) is 15.6. The zero-order valence-corrected chi connectivity index (χ0v) is 55.1. The summed E-state index contributed by atoms with van der Waals surface area (Å²) in [7, 11) is 0. The first-order chi connectivity index (χ1) is 48.3. The molecule has 7 fully saturated rings. The van der Waals surface area contributed by atoms with Crippen molar-refractivity contribution >= 4 is 51.7 Å². The first-order valence-corrected chi connectivity index (χ1v) is 33.5. The van der Waals surface area contributed by atoms with Gasteiger partial charge in [0.05, 0.1) is 90.2 Å². The molecule has 5 saturated heterocycles. The molecule has 9 aromatic heterocycles. The number of ether oxygens (including phenoxy) is 3. The highest BCUT2D eigenvalue weighted by Crippen LogP contribution is 2.43. The van der Waals surface area contributed by atoms with Crippen molar-refractivity contribution in [2.24, 2.45) is 17.8 Å². The van der Waals surface area contributed by atoms with Crippen molar-refractivity contribution in [1.29, 1.82) is 15.8 Å². The molecule has 7 atom stereocenters. The number of hydrogen-bond donors (Lipinski definition) is 3. The van der Waals surface area contributed by atoms with Crippen LogP contribution in [0.15, 0.2) is 110 Å². The van der Waals surface area contributed by atoms with Crippen LogP contribution in [0.3, 0.4) is 0 Å². The lowest BCUT2D eigenvalue weighted by Gasteiger charge is -2.50. The average molecular weight is 1320 g/mol. The molecular weight excluding hydrogens is 1250 g/mol. The van der Waals surface area contributed by atoms with Gasteiger partial charge in [-0.1, -0.05) is 0 Å². The van der Waals surface area contributed by atoms with Gasteiger partial charge in [0.2, 0.25) is 0 Å². The highest BCUT2D eigenvalue weighted by molar-refractivity contribution is 5.94. The molecule has 6 bridgehead atoms. The minimum atomic E-state index is -0.340. The first-order valence-electron chi connectivity index (χ1n) is 33.5. The third kappa shape index (κ3) is 13.3. The molecule has 498 valence electrons. The van der Waals surface area contributed by atoms with Gasteiger partial charge in [0.25, 0.3) is 17.7 Å². The summed E-state index contributed by atoms with van der Waals surface area (Å²) >= 11 is 0. The highest BCUT2D eigenvalue weighted by Gasteiger charge is 2.45. The molecule has 9 aromatic rings. The number of fused-ring (bicyclic) bond motifs is 10. The molecule has 24 heteroatoms. The summed E-state index contributed by atoms with van der Waals surface area (Å²) in [6, 6.07) is 26.0. The van der Waals surface area contributed by atoms with Crippen molar-refractivity contribution in [1.82, 2.24) is 59.7 Å². The lowest BCUT2D eigenvalue weighted by atomic mass is 9.76. The van der Waals surface area contributed by atoms with E-state index in [0.29, 0.717) is 89.6 Å². The second-order valence-corrected chi connectivity index (χ2v) is 25.5. The number of carbonyl (C=O) groups is 3. The smallest absolute Gasteiger partial charge is 0.295 e. The lowest BCUT2D eigenvalue weighted by Crippen LogP contribution is -2.59. The van der Waals surface area contributed by atoms with E-state index in [4.69, 9.17) is 48.4 Å². The van der Waals surface area contributed by atoms with E-state index in [1.54, 1.807) is 50.7 Å². The molecule has 99 heavy (non-hydrogen) atoms. The van der Waals surface area contributed by atoms with Crippen LogP contribution in [0.2, 0.25) is 0 Å². The van der Waals surface area contributed by atoms with Crippen molar-refractivity contribution in [2.75, 3.05) is 54.2 Å². The first kappa shape index (κ1) is 65.5. The molecule has 0 spiro atoms. The summed E-state index contributed by atoms with van der Waals surface area (Å²) < 4.78 is 22.2. The van der Waals surface area contributed by atoms with Gasteiger partial charge in [-0.15, -0.1) is 19.3 Å². The minimum Gasteiger partial charge on any atom is -0.492 e. The Morgan fingerprint density at radius 2 is 0.909 bits per heavy atom. The standard InChI is InChI=1S/3C25H24N6O2/c1-3-24(32)29-18-9-19-6-7-20(10-18)31(19)23-8-5-16(13-27-23)22-11-21(33-4-2)15-30-25(22)17(12-26)14-28-30;1-3-24(32)29-22-9-19-7-5-17(22)14-30(19)23-8-6-16(12-27-23)21-10-20(33-4-2)15-31-25(21)18(11-26)13-28-31;1-3-23(32)29-24-17-5-6-18(24)14-30(13-17)22-8-7-16(11-27-22)21-9-20(33-4-2)15-31-25(21)19(10-26)12-28-31/h1,5,8,11,13-15,18-20H,4,6-7,9-10H2,2H3,(H,29,32);1,6,8,10,12-13,15,17,19,22H,4-5,7,9,14H2,2H3,(H,29,32);1,7-9,11-12,15,17-18,24H,4-6,13-14H2,2H3,(H,29,32). The van der Waals surface area contributed by atoms with E-state index >= 15 is 0 Å². The third-order valence-corrected chi connectivity index (χ3v) is 19.9. The van der Waals surface area contributed by atoms with E-state index in [-0.39, 0.29) is 35.8 Å². The maximum absolute atomic E-state index is 11.7. The van der Waals surface area contributed by atoms with Gasteiger partial charge >= 0.3 is 0 Å². The number of nitrogens with zero attached hydrogens (tertiary/aromatic N) is 15. The van der Waals surface area contributed by atoms with Crippen molar-refractivity contribution in [3.05, 3.63) is 127 Å². The maximum atomic E-state index is 11.7. The molecule has 14 heterocycles. The Hall–Kier alpha value is -12.1. The van der Waals surface area contributed by atoms with Crippen molar-refractivity contribution in [3.63, 3.8) is 0 Å². The van der Waals surface area contributed by atoms with Crippen LogP contribution in [0.25, 0.3) is 49.9 Å². The minimum absolute atomic E-state index is 0.113. The van der Waals surface area contributed by atoms with Crippen LogP contribution in [0, 0.1) is 88.8 Å². The van der Waals surface area contributed by atoms with Crippen LogP contribution in [-0.4, -0.2) is 137 Å². The van der Waals surface area contributed by atoms with Crippen LogP contribution in [0.5, 0.6) is 17.2 Å². The Labute approximate surface area is 572 Å². The van der Waals surface area contributed by atoms with Crippen molar-refractivity contribution in [3.8, 4) is 106 Å². The van der Waals surface area contributed by atoms with Crippen molar-refractivity contribution in [2.45, 2.75) is 115 Å². The molecule has 3 amide bonds. The zero-order valence-electron chi connectivity index (χ0n) is 55.1. The second-order valence-electron chi connectivity index (χ2n) is 25.5. The Kier molecular flexibility index (Phi) is 19.0. The number of piperidine rings is 4. The molecule has 3 N–H and O–H groups in total. The van der Waals surface area contributed by atoms with Gasteiger partial charge < -0.3 is 44.9 Å². The van der Waals surface area contributed by atoms with Crippen LogP contribution in [0.1, 0.15) is 95.2 Å². The Morgan fingerprint density at radius 3 is 1.31 bits per heavy atom. The fourth-order valence-corrected chi connectivity index (χ4v) is 15.6. The Balaban J connectivity index is 0.000000133. The van der Waals surface area contributed by atoms with Crippen LogP contribution in [0.4, 0.5) is 17.5 Å². The van der Waals surface area contributed by atoms with Gasteiger partial charge in [-0.2, -0.15) is 31.1 Å². The number of carbonyl (C=O) groups excluding carboxylic acids is 3.